The van der Waals surface area contributed by atoms with Crippen molar-refractivity contribution in [2.24, 2.45) is 0 Å². The third-order valence-electron chi connectivity index (χ3n) is 7.03. The second-order valence-electron chi connectivity index (χ2n) is 9.98. The predicted molar refractivity (Wildman–Crippen MR) is 170 cm³/mol. The number of nitrogens with zero attached hydrogens (tertiary/aromatic N) is 3. The molecule has 5 aromatic carbocycles. The van der Waals surface area contributed by atoms with Crippen molar-refractivity contribution in [1.29, 1.82) is 0 Å². The fraction of sp³-hybridized carbons (Fsp3) is 0.0541. The summed E-state index contributed by atoms with van der Waals surface area (Å²) in [5.74, 6) is 0.915. The molecular weight excluding hydrogens is 486 g/mol. The second kappa shape index (κ2) is 11.3. The minimum atomic E-state index is 0.915. The van der Waals surface area contributed by atoms with Crippen LogP contribution in [0.15, 0.2) is 140 Å². The van der Waals surface area contributed by atoms with Crippen LogP contribution >= 0.6 is 0 Å². The molecule has 0 radical (unpaired) electrons. The average molecular weight is 518 g/mol. The molecule has 1 heterocycles. The number of rotatable bonds is 7. The molecule has 3 nitrogen and oxygen atoms in total. The van der Waals surface area contributed by atoms with Gasteiger partial charge >= 0.3 is 0 Å². The first-order valence-corrected chi connectivity index (χ1v) is 13.5. The molecule has 0 bridgehead atoms. The predicted octanol–water partition coefficient (Wildman–Crippen LogP) is 9.11. The van der Waals surface area contributed by atoms with Gasteiger partial charge in [-0.2, -0.15) is 0 Å². The van der Waals surface area contributed by atoms with Crippen LogP contribution in [0.4, 0.5) is 5.69 Å². The topological polar surface area (TPSA) is 21.1 Å². The number of hydrogen-bond acceptors (Lipinski definition) is 2. The Kier molecular flexibility index (Phi) is 7.11. The molecule has 0 aliphatic rings. The molecule has 1 aromatic heterocycles. The molecule has 40 heavy (non-hydrogen) atoms. The molecule has 0 atom stereocenters. The summed E-state index contributed by atoms with van der Waals surface area (Å²) in [5.41, 5.74) is 9.93. The molecule has 3 heteroatoms. The van der Waals surface area contributed by atoms with E-state index in [4.69, 9.17) is 4.98 Å². The lowest BCUT2D eigenvalue weighted by molar-refractivity contribution is 1.07. The van der Waals surface area contributed by atoms with Crippen molar-refractivity contribution in [2.75, 3.05) is 19.0 Å². The van der Waals surface area contributed by atoms with Crippen LogP contribution in [0.1, 0.15) is 11.1 Å². The third-order valence-corrected chi connectivity index (χ3v) is 7.03. The Morgan fingerprint density at radius 2 is 1.02 bits per heavy atom. The van der Waals surface area contributed by atoms with E-state index < -0.39 is 0 Å². The lowest BCUT2D eigenvalue weighted by atomic mass is 10.0. The standard InChI is InChI=1S/C37H31N3/c1-39(2)33-26-22-29(23-27-33)19-18-28-20-24-32(25-21-28)37-38-35(30-12-6-3-7-13-30)36(31-14-8-4-9-15-31)40(37)34-16-10-5-11-17-34/h3-27H,1-2H3/b19-18+. The first-order chi connectivity index (χ1) is 19.7. The van der Waals surface area contributed by atoms with Crippen LogP contribution < -0.4 is 4.90 Å². The maximum Gasteiger partial charge on any atom is 0.145 e. The SMILES string of the molecule is CN(C)c1ccc(/C=C/c2ccc(-c3nc(-c4ccccc4)c(-c4ccccc4)n3-c3ccccc3)cc2)cc1. The summed E-state index contributed by atoms with van der Waals surface area (Å²) < 4.78 is 2.29. The monoisotopic (exact) mass is 517 g/mol. The number of para-hydroxylation sites is 1. The van der Waals surface area contributed by atoms with Gasteiger partial charge in [0.15, 0.2) is 0 Å². The van der Waals surface area contributed by atoms with Gasteiger partial charge in [-0.25, -0.2) is 4.98 Å². The molecule has 0 amide bonds. The van der Waals surface area contributed by atoms with Gasteiger partial charge in [0.2, 0.25) is 0 Å². The molecule has 0 aliphatic heterocycles. The lowest BCUT2D eigenvalue weighted by Crippen LogP contribution is -2.07. The van der Waals surface area contributed by atoms with E-state index in [2.05, 4.69) is 169 Å². The quantitative estimate of drug-likeness (QED) is 0.197. The summed E-state index contributed by atoms with van der Waals surface area (Å²) in [7, 11) is 4.11. The number of anilines is 1. The Balaban J connectivity index is 1.44. The average Bonchev–Trinajstić information content (AvgIpc) is 3.42. The van der Waals surface area contributed by atoms with Crippen molar-refractivity contribution < 1.29 is 0 Å². The van der Waals surface area contributed by atoms with E-state index in [9.17, 15) is 0 Å². The Bertz CT molecular complexity index is 1710. The largest absolute Gasteiger partial charge is 0.378 e. The van der Waals surface area contributed by atoms with Gasteiger partial charge in [0.05, 0.1) is 11.4 Å². The van der Waals surface area contributed by atoms with E-state index in [1.54, 1.807) is 0 Å². The summed E-state index contributed by atoms with van der Waals surface area (Å²) in [6, 6.07) is 48.7. The van der Waals surface area contributed by atoms with Crippen molar-refractivity contribution in [1.82, 2.24) is 9.55 Å². The first-order valence-electron chi connectivity index (χ1n) is 13.5. The van der Waals surface area contributed by atoms with Crippen LogP contribution in [-0.4, -0.2) is 23.6 Å². The van der Waals surface area contributed by atoms with Crippen LogP contribution in [0.25, 0.3) is 51.7 Å². The Morgan fingerprint density at radius 1 is 0.525 bits per heavy atom. The van der Waals surface area contributed by atoms with Crippen molar-refractivity contribution in [3.8, 4) is 39.6 Å². The van der Waals surface area contributed by atoms with Gasteiger partial charge < -0.3 is 4.90 Å². The van der Waals surface area contributed by atoms with E-state index in [0.29, 0.717) is 0 Å². The van der Waals surface area contributed by atoms with Crippen molar-refractivity contribution >= 4 is 17.8 Å². The summed E-state index contributed by atoms with van der Waals surface area (Å²) in [6.45, 7) is 0. The van der Waals surface area contributed by atoms with E-state index >= 15 is 0 Å². The fourth-order valence-corrected chi connectivity index (χ4v) is 4.92. The highest BCUT2D eigenvalue weighted by molar-refractivity contribution is 5.84. The van der Waals surface area contributed by atoms with Gasteiger partial charge in [-0.15, -0.1) is 0 Å². The molecule has 0 N–H and O–H groups in total. The molecule has 0 spiro atoms. The Hall–Kier alpha value is -5.15. The van der Waals surface area contributed by atoms with Crippen LogP contribution in [0, 0.1) is 0 Å². The van der Waals surface area contributed by atoms with E-state index in [1.807, 2.05) is 6.07 Å². The first kappa shape index (κ1) is 25.1. The molecule has 0 saturated heterocycles. The molecule has 0 fully saturated rings. The molecule has 0 unspecified atom stereocenters. The van der Waals surface area contributed by atoms with Gasteiger partial charge in [0, 0.05) is 42.2 Å². The third kappa shape index (κ3) is 5.23. The van der Waals surface area contributed by atoms with Crippen LogP contribution in [-0.2, 0) is 0 Å². The van der Waals surface area contributed by atoms with Crippen molar-refractivity contribution in [3.05, 3.63) is 151 Å². The fourth-order valence-electron chi connectivity index (χ4n) is 4.92. The minimum Gasteiger partial charge on any atom is -0.378 e. The second-order valence-corrected chi connectivity index (χ2v) is 9.98. The maximum absolute atomic E-state index is 5.29. The zero-order valence-corrected chi connectivity index (χ0v) is 22.8. The van der Waals surface area contributed by atoms with Gasteiger partial charge in [0.25, 0.3) is 0 Å². The van der Waals surface area contributed by atoms with Gasteiger partial charge in [-0.3, -0.25) is 4.57 Å². The highest BCUT2D eigenvalue weighted by Crippen LogP contribution is 2.38. The smallest absolute Gasteiger partial charge is 0.145 e. The lowest BCUT2D eigenvalue weighted by Gasteiger charge is -2.14. The van der Waals surface area contributed by atoms with E-state index in [0.717, 1.165) is 45.2 Å². The maximum atomic E-state index is 5.29. The molecule has 6 aromatic rings. The van der Waals surface area contributed by atoms with Gasteiger partial charge in [0.1, 0.15) is 5.82 Å². The molecular formula is C37H31N3. The summed E-state index contributed by atoms with van der Waals surface area (Å²) in [4.78, 5) is 7.40. The molecule has 194 valence electrons. The summed E-state index contributed by atoms with van der Waals surface area (Å²) in [6.07, 6.45) is 4.31. The highest BCUT2D eigenvalue weighted by atomic mass is 15.1. The zero-order chi connectivity index (χ0) is 27.3. The normalized spacial score (nSPS) is 11.2. The van der Waals surface area contributed by atoms with Gasteiger partial charge in [-0.05, 0) is 35.4 Å². The van der Waals surface area contributed by atoms with Crippen LogP contribution in [0.5, 0.6) is 0 Å². The van der Waals surface area contributed by atoms with Gasteiger partial charge in [-0.1, -0.05) is 127 Å². The number of imidazole rings is 1. The molecule has 0 saturated carbocycles. The summed E-state index contributed by atoms with van der Waals surface area (Å²) in [5, 5.41) is 0. The van der Waals surface area contributed by atoms with E-state index in [-0.39, 0.29) is 0 Å². The number of benzene rings is 5. The number of hydrogen-bond donors (Lipinski definition) is 0. The van der Waals surface area contributed by atoms with Crippen LogP contribution in [0.2, 0.25) is 0 Å². The minimum absolute atomic E-state index is 0.915. The number of aromatic nitrogens is 2. The highest BCUT2D eigenvalue weighted by Gasteiger charge is 2.22. The Labute approximate surface area is 236 Å². The Morgan fingerprint density at radius 3 is 1.57 bits per heavy atom. The van der Waals surface area contributed by atoms with Crippen LogP contribution in [0.3, 0.4) is 0 Å². The summed E-state index contributed by atoms with van der Waals surface area (Å²) >= 11 is 0. The molecule has 0 aliphatic carbocycles. The molecule has 6 rings (SSSR count). The zero-order valence-electron chi connectivity index (χ0n) is 22.8. The van der Waals surface area contributed by atoms with Crippen molar-refractivity contribution in [2.45, 2.75) is 0 Å². The van der Waals surface area contributed by atoms with Crippen molar-refractivity contribution in [3.63, 3.8) is 0 Å². The van der Waals surface area contributed by atoms with E-state index in [1.165, 1.54) is 11.3 Å².